The number of amides is 1. The van der Waals surface area contributed by atoms with Crippen LogP contribution in [0.4, 0.5) is 0 Å². The number of benzene rings is 1. The topological polar surface area (TPSA) is 82.1 Å². The van der Waals surface area contributed by atoms with Gasteiger partial charge in [0, 0.05) is 49.7 Å². The van der Waals surface area contributed by atoms with E-state index in [1.807, 2.05) is 31.4 Å². The number of piperazine rings is 1. The Morgan fingerprint density at radius 1 is 1.16 bits per heavy atom. The summed E-state index contributed by atoms with van der Waals surface area (Å²) in [5.41, 5.74) is 0.637. The maximum Gasteiger partial charge on any atom is 0.295 e. The number of aliphatic hydroxyl groups is 1. The Kier molecular flexibility index (Phi) is 6.93. The van der Waals surface area contributed by atoms with E-state index in [4.69, 9.17) is 4.74 Å². The summed E-state index contributed by atoms with van der Waals surface area (Å²) >= 11 is 1.48. The van der Waals surface area contributed by atoms with Crippen LogP contribution in [0.3, 0.4) is 0 Å². The number of ether oxygens (including phenoxy) is 1. The van der Waals surface area contributed by atoms with E-state index in [9.17, 15) is 14.7 Å². The molecule has 0 bridgehead atoms. The first-order chi connectivity index (χ1) is 15.5. The van der Waals surface area contributed by atoms with Crippen LogP contribution < -0.4 is 10.1 Å². The Balaban J connectivity index is 1.64. The number of carbonyl (C=O) groups excluding carboxylic acids is 2. The van der Waals surface area contributed by atoms with Crippen molar-refractivity contribution in [2.75, 3.05) is 39.3 Å². The van der Waals surface area contributed by atoms with Crippen molar-refractivity contribution >= 4 is 28.8 Å². The number of ketones is 1. The fourth-order valence-electron chi connectivity index (χ4n) is 4.16. The highest BCUT2D eigenvalue weighted by atomic mass is 32.1. The summed E-state index contributed by atoms with van der Waals surface area (Å²) in [4.78, 5) is 30.8. The van der Waals surface area contributed by atoms with Gasteiger partial charge in [0.15, 0.2) is 0 Å². The summed E-state index contributed by atoms with van der Waals surface area (Å²) < 4.78 is 5.66. The van der Waals surface area contributed by atoms with Crippen LogP contribution in [-0.4, -0.2) is 72.0 Å². The predicted octanol–water partition coefficient (Wildman–Crippen LogP) is 2.86. The number of thiophene rings is 1. The third kappa shape index (κ3) is 4.72. The molecule has 170 valence electrons. The summed E-state index contributed by atoms with van der Waals surface area (Å²) in [6.45, 7) is 8.68. The van der Waals surface area contributed by atoms with Gasteiger partial charge >= 0.3 is 0 Å². The SMILES string of the molecule is CC(C)Oc1ccc(C(O)=C2C(=O)C(=O)N(CCN3CCNCC3)[C@@H]2c2cccs2)cc1. The maximum absolute atomic E-state index is 13.0. The molecule has 1 amide bonds. The molecule has 4 rings (SSSR count). The van der Waals surface area contributed by atoms with Crippen LogP contribution in [0.1, 0.15) is 30.3 Å². The Hall–Kier alpha value is -2.68. The number of Topliss-reactive ketones (excluding diaryl/α,β-unsaturated/α-hetero) is 1. The van der Waals surface area contributed by atoms with Crippen molar-refractivity contribution in [1.29, 1.82) is 0 Å². The maximum atomic E-state index is 13.0. The van der Waals surface area contributed by atoms with Crippen molar-refractivity contribution < 1.29 is 19.4 Å². The Morgan fingerprint density at radius 3 is 2.50 bits per heavy atom. The molecule has 7 nitrogen and oxygen atoms in total. The molecule has 3 heterocycles. The zero-order valence-corrected chi connectivity index (χ0v) is 19.2. The van der Waals surface area contributed by atoms with Crippen molar-refractivity contribution in [2.45, 2.75) is 26.0 Å². The summed E-state index contributed by atoms with van der Waals surface area (Å²) in [6.07, 6.45) is 0.0364. The lowest BCUT2D eigenvalue weighted by molar-refractivity contribution is -0.140. The van der Waals surface area contributed by atoms with Gasteiger partial charge in [-0.25, -0.2) is 0 Å². The minimum Gasteiger partial charge on any atom is -0.507 e. The molecule has 1 aromatic heterocycles. The smallest absolute Gasteiger partial charge is 0.295 e. The molecule has 8 heteroatoms. The van der Waals surface area contributed by atoms with E-state index >= 15 is 0 Å². The zero-order chi connectivity index (χ0) is 22.7. The van der Waals surface area contributed by atoms with E-state index in [-0.39, 0.29) is 17.4 Å². The molecule has 32 heavy (non-hydrogen) atoms. The van der Waals surface area contributed by atoms with E-state index < -0.39 is 17.7 Å². The first-order valence-corrected chi connectivity index (χ1v) is 11.9. The molecule has 0 aliphatic carbocycles. The lowest BCUT2D eigenvalue weighted by Gasteiger charge is -2.30. The van der Waals surface area contributed by atoms with Gasteiger partial charge in [-0.3, -0.25) is 14.5 Å². The summed E-state index contributed by atoms with van der Waals surface area (Å²) in [7, 11) is 0. The molecule has 2 aliphatic heterocycles. The van der Waals surface area contributed by atoms with Crippen molar-refractivity contribution in [2.24, 2.45) is 0 Å². The molecule has 1 atom stereocenters. The number of hydrogen-bond donors (Lipinski definition) is 2. The van der Waals surface area contributed by atoms with E-state index in [0.29, 0.717) is 24.4 Å². The zero-order valence-electron chi connectivity index (χ0n) is 18.4. The van der Waals surface area contributed by atoms with Crippen LogP contribution in [0.25, 0.3) is 5.76 Å². The van der Waals surface area contributed by atoms with Crippen molar-refractivity contribution in [3.63, 3.8) is 0 Å². The average molecular weight is 456 g/mol. The van der Waals surface area contributed by atoms with Gasteiger partial charge in [-0.15, -0.1) is 11.3 Å². The minimum absolute atomic E-state index is 0.0364. The number of carbonyl (C=O) groups is 2. The normalized spacial score (nSPS) is 21.5. The molecule has 2 aliphatic rings. The van der Waals surface area contributed by atoms with Gasteiger partial charge < -0.3 is 20.1 Å². The van der Waals surface area contributed by atoms with E-state index in [2.05, 4.69) is 10.2 Å². The molecule has 2 aromatic rings. The molecule has 2 fully saturated rings. The molecule has 0 spiro atoms. The molecule has 0 radical (unpaired) electrons. The predicted molar refractivity (Wildman–Crippen MR) is 125 cm³/mol. The van der Waals surface area contributed by atoms with Gasteiger partial charge in [0.05, 0.1) is 17.7 Å². The summed E-state index contributed by atoms with van der Waals surface area (Å²) in [5, 5.41) is 16.4. The van der Waals surface area contributed by atoms with E-state index in [0.717, 1.165) is 31.1 Å². The first-order valence-electron chi connectivity index (χ1n) is 11.0. The molecular weight excluding hydrogens is 426 g/mol. The molecule has 2 N–H and O–H groups in total. The highest BCUT2D eigenvalue weighted by molar-refractivity contribution is 7.10. The lowest BCUT2D eigenvalue weighted by atomic mass is 10.00. The van der Waals surface area contributed by atoms with Crippen LogP contribution in [0, 0.1) is 0 Å². The summed E-state index contributed by atoms with van der Waals surface area (Å²) in [5.74, 6) is -0.658. The molecule has 2 saturated heterocycles. The Labute approximate surface area is 192 Å². The summed E-state index contributed by atoms with van der Waals surface area (Å²) in [6, 6.07) is 10.2. The second kappa shape index (κ2) is 9.85. The number of aliphatic hydroxyl groups excluding tert-OH is 1. The average Bonchev–Trinajstić information content (AvgIpc) is 3.40. The number of nitrogens with zero attached hydrogens (tertiary/aromatic N) is 2. The van der Waals surface area contributed by atoms with Crippen molar-refractivity contribution in [3.8, 4) is 5.75 Å². The van der Waals surface area contributed by atoms with Crippen LogP contribution >= 0.6 is 11.3 Å². The quantitative estimate of drug-likeness (QED) is 0.380. The van der Waals surface area contributed by atoms with Crippen LogP contribution in [0.15, 0.2) is 47.4 Å². The molecule has 0 saturated carbocycles. The number of nitrogens with one attached hydrogen (secondary N) is 1. The van der Waals surface area contributed by atoms with Crippen LogP contribution in [0.5, 0.6) is 5.75 Å². The third-order valence-electron chi connectivity index (χ3n) is 5.72. The highest BCUT2D eigenvalue weighted by Gasteiger charge is 2.46. The van der Waals surface area contributed by atoms with Gasteiger partial charge in [-0.05, 0) is 49.6 Å². The van der Waals surface area contributed by atoms with Gasteiger partial charge in [0.2, 0.25) is 0 Å². The number of rotatable bonds is 7. The minimum atomic E-state index is -0.635. The fraction of sp³-hybridized carbons (Fsp3) is 0.417. The van der Waals surface area contributed by atoms with Gasteiger partial charge in [-0.1, -0.05) is 6.07 Å². The molecule has 1 aromatic carbocycles. The van der Waals surface area contributed by atoms with Gasteiger partial charge in [-0.2, -0.15) is 0 Å². The van der Waals surface area contributed by atoms with Gasteiger partial charge in [0.25, 0.3) is 11.7 Å². The van der Waals surface area contributed by atoms with Crippen LogP contribution in [0.2, 0.25) is 0 Å². The van der Waals surface area contributed by atoms with Crippen molar-refractivity contribution in [1.82, 2.24) is 15.1 Å². The largest absolute Gasteiger partial charge is 0.507 e. The van der Waals surface area contributed by atoms with E-state index in [1.54, 1.807) is 29.2 Å². The van der Waals surface area contributed by atoms with Crippen molar-refractivity contribution in [3.05, 3.63) is 57.8 Å². The number of hydrogen-bond acceptors (Lipinski definition) is 7. The molecule has 0 unspecified atom stereocenters. The second-order valence-corrected chi connectivity index (χ2v) is 9.27. The third-order valence-corrected chi connectivity index (χ3v) is 6.64. The second-order valence-electron chi connectivity index (χ2n) is 8.29. The number of likely N-dealkylation sites (tertiary alicyclic amines) is 1. The van der Waals surface area contributed by atoms with E-state index in [1.165, 1.54) is 11.3 Å². The first kappa shape index (κ1) is 22.5. The standard InChI is InChI=1S/C24H29N3O4S/c1-16(2)31-18-7-5-17(6-8-18)22(28)20-21(19-4-3-15-32-19)27(24(30)23(20)29)14-13-26-11-9-25-10-12-26/h3-8,15-16,21,25,28H,9-14H2,1-2H3/t21-/m1/s1. The highest BCUT2D eigenvalue weighted by Crippen LogP contribution is 2.41. The van der Waals surface area contributed by atoms with Gasteiger partial charge in [0.1, 0.15) is 11.5 Å². The lowest BCUT2D eigenvalue weighted by Crippen LogP contribution is -2.46. The monoisotopic (exact) mass is 455 g/mol. The molecular formula is C24H29N3O4S. The fourth-order valence-corrected chi connectivity index (χ4v) is 5.00. The Morgan fingerprint density at radius 2 is 1.88 bits per heavy atom. The Bertz CT molecular complexity index is 979. The van der Waals surface area contributed by atoms with Crippen LogP contribution in [-0.2, 0) is 9.59 Å².